The van der Waals surface area contributed by atoms with Crippen LogP contribution < -0.4 is 14.8 Å². The van der Waals surface area contributed by atoms with Gasteiger partial charge in [-0.25, -0.2) is 9.80 Å². The van der Waals surface area contributed by atoms with Gasteiger partial charge in [-0.2, -0.15) is 5.10 Å². The Hall–Kier alpha value is -3.59. The lowest BCUT2D eigenvalue weighted by Gasteiger charge is -2.29. The number of methoxy groups -OCH3 is 1. The van der Waals surface area contributed by atoms with Crippen molar-refractivity contribution in [1.82, 2.24) is 9.91 Å². The molecule has 1 atom stereocenters. The van der Waals surface area contributed by atoms with Gasteiger partial charge in [-0.1, -0.05) is 19.1 Å². The average molecular weight is 523 g/mol. The summed E-state index contributed by atoms with van der Waals surface area (Å²) in [7, 11) is 1.62. The van der Waals surface area contributed by atoms with Gasteiger partial charge in [0, 0.05) is 30.1 Å². The molecule has 38 heavy (non-hydrogen) atoms. The van der Waals surface area contributed by atoms with Crippen LogP contribution in [0.4, 0.5) is 10.5 Å². The summed E-state index contributed by atoms with van der Waals surface area (Å²) < 4.78 is 16.5. The van der Waals surface area contributed by atoms with Gasteiger partial charge in [0.05, 0.1) is 26.0 Å². The lowest BCUT2D eigenvalue weighted by atomic mass is 9.89. The number of hydrazone groups is 1. The average Bonchev–Trinajstić information content (AvgIpc) is 3.44. The molecular formula is C29H38N4O5. The number of benzene rings is 2. The number of carbonyl (C=O) groups excluding carboxylic acids is 2. The van der Waals surface area contributed by atoms with Gasteiger partial charge < -0.3 is 14.2 Å². The number of nitrogens with zero attached hydrogens (tertiary/aromatic N) is 3. The first-order chi connectivity index (χ1) is 18.5. The number of amides is 2. The van der Waals surface area contributed by atoms with Gasteiger partial charge in [0.25, 0.3) is 0 Å². The van der Waals surface area contributed by atoms with Gasteiger partial charge in [0.2, 0.25) is 5.91 Å². The fraction of sp³-hybridized carbons (Fsp3) is 0.483. The number of rotatable bonds is 11. The molecule has 0 aromatic heterocycles. The number of ether oxygens (including phenoxy) is 3. The van der Waals surface area contributed by atoms with Crippen LogP contribution in [0.15, 0.2) is 47.6 Å². The monoisotopic (exact) mass is 522 g/mol. The van der Waals surface area contributed by atoms with Crippen molar-refractivity contribution in [3.05, 3.63) is 53.6 Å². The second-order valence-corrected chi connectivity index (χ2v) is 9.55. The molecule has 2 aliphatic heterocycles. The Labute approximate surface area is 224 Å². The SMILES string of the molecule is CCOc1cc(C2=NN(Cc3ccc(NC(=O)OCCN4CCCC4)cc3)C(=O)CC2CC)ccc1OC. The Bertz CT molecular complexity index is 1130. The zero-order chi connectivity index (χ0) is 26.9. The molecule has 204 valence electrons. The number of hydrogen-bond donors (Lipinski definition) is 1. The summed E-state index contributed by atoms with van der Waals surface area (Å²) in [6.07, 6.45) is 3.17. The normalized spacial score (nSPS) is 17.8. The van der Waals surface area contributed by atoms with E-state index < -0.39 is 6.09 Å². The Morgan fingerprint density at radius 2 is 1.84 bits per heavy atom. The van der Waals surface area contributed by atoms with Crippen LogP contribution in [0.2, 0.25) is 0 Å². The fourth-order valence-electron chi connectivity index (χ4n) is 4.83. The first kappa shape index (κ1) is 27.4. The highest BCUT2D eigenvalue weighted by molar-refractivity contribution is 6.06. The first-order valence-corrected chi connectivity index (χ1v) is 13.5. The van der Waals surface area contributed by atoms with Gasteiger partial charge in [-0.05, 0) is 75.2 Å². The molecule has 0 spiro atoms. The van der Waals surface area contributed by atoms with E-state index in [2.05, 4.69) is 17.1 Å². The predicted octanol–water partition coefficient (Wildman–Crippen LogP) is 4.90. The molecule has 2 heterocycles. The lowest BCUT2D eigenvalue weighted by molar-refractivity contribution is -0.133. The second kappa shape index (κ2) is 13.3. The van der Waals surface area contributed by atoms with Gasteiger partial charge in [-0.3, -0.25) is 15.0 Å². The van der Waals surface area contributed by atoms with Crippen molar-refractivity contribution in [2.45, 2.75) is 46.1 Å². The minimum absolute atomic E-state index is 0.0112. The van der Waals surface area contributed by atoms with E-state index in [1.54, 1.807) is 7.11 Å². The zero-order valence-electron chi connectivity index (χ0n) is 22.6. The maximum atomic E-state index is 12.9. The molecule has 2 aromatic carbocycles. The van der Waals surface area contributed by atoms with E-state index in [0.29, 0.717) is 43.4 Å². The van der Waals surface area contributed by atoms with Crippen molar-refractivity contribution < 1.29 is 23.8 Å². The topological polar surface area (TPSA) is 92.7 Å². The Morgan fingerprint density at radius 3 is 2.53 bits per heavy atom. The number of likely N-dealkylation sites (tertiary alicyclic amines) is 1. The van der Waals surface area contributed by atoms with Crippen molar-refractivity contribution in [2.24, 2.45) is 11.0 Å². The van der Waals surface area contributed by atoms with E-state index in [9.17, 15) is 9.59 Å². The molecule has 0 radical (unpaired) electrons. The van der Waals surface area contributed by atoms with Gasteiger partial charge in [0.15, 0.2) is 11.5 Å². The van der Waals surface area contributed by atoms with Crippen LogP contribution in [-0.4, -0.2) is 67.6 Å². The van der Waals surface area contributed by atoms with Gasteiger partial charge in [-0.15, -0.1) is 0 Å². The van der Waals surface area contributed by atoms with Crippen molar-refractivity contribution in [3.63, 3.8) is 0 Å². The van der Waals surface area contributed by atoms with Crippen LogP contribution in [0.25, 0.3) is 0 Å². The minimum Gasteiger partial charge on any atom is -0.493 e. The van der Waals surface area contributed by atoms with Crippen LogP contribution in [0.1, 0.15) is 50.7 Å². The van der Waals surface area contributed by atoms with Crippen LogP contribution in [0.3, 0.4) is 0 Å². The highest BCUT2D eigenvalue weighted by Crippen LogP contribution is 2.32. The third kappa shape index (κ3) is 7.04. The molecule has 9 heteroatoms. The second-order valence-electron chi connectivity index (χ2n) is 9.55. The Morgan fingerprint density at radius 1 is 1.08 bits per heavy atom. The van der Waals surface area contributed by atoms with Crippen LogP contribution in [0.5, 0.6) is 11.5 Å². The van der Waals surface area contributed by atoms with E-state index in [-0.39, 0.29) is 11.8 Å². The molecule has 0 bridgehead atoms. The molecule has 1 fully saturated rings. The van der Waals surface area contributed by atoms with Crippen molar-refractivity contribution in [2.75, 3.05) is 45.3 Å². The smallest absolute Gasteiger partial charge is 0.411 e. The lowest BCUT2D eigenvalue weighted by Crippen LogP contribution is -2.36. The summed E-state index contributed by atoms with van der Waals surface area (Å²) in [6, 6.07) is 13.2. The number of hydrogen-bond acceptors (Lipinski definition) is 7. The fourth-order valence-corrected chi connectivity index (χ4v) is 4.83. The highest BCUT2D eigenvalue weighted by atomic mass is 16.5. The van der Waals surface area contributed by atoms with E-state index in [1.807, 2.05) is 49.4 Å². The molecule has 1 saturated heterocycles. The number of nitrogens with one attached hydrogen (secondary N) is 1. The van der Waals surface area contributed by atoms with Crippen molar-refractivity contribution in [1.29, 1.82) is 0 Å². The molecule has 1 unspecified atom stereocenters. The number of carbonyl (C=O) groups is 2. The molecule has 9 nitrogen and oxygen atoms in total. The van der Waals surface area contributed by atoms with Gasteiger partial charge in [0.1, 0.15) is 6.61 Å². The highest BCUT2D eigenvalue weighted by Gasteiger charge is 2.30. The maximum Gasteiger partial charge on any atom is 0.411 e. The van der Waals surface area contributed by atoms with E-state index >= 15 is 0 Å². The van der Waals surface area contributed by atoms with Crippen molar-refractivity contribution in [3.8, 4) is 11.5 Å². The standard InChI is InChI=1S/C29H38N4O5/c1-4-22-19-27(34)33(31-28(22)23-10-13-25(36-3)26(18-23)37-5-2)20-21-8-11-24(12-9-21)30-29(35)38-17-16-32-14-6-7-15-32/h8-13,18,22H,4-7,14-17,19-20H2,1-3H3,(H,30,35). The molecule has 2 aliphatic rings. The maximum absolute atomic E-state index is 12.9. The zero-order valence-corrected chi connectivity index (χ0v) is 22.6. The summed E-state index contributed by atoms with van der Waals surface area (Å²) in [5.41, 5.74) is 3.34. The summed E-state index contributed by atoms with van der Waals surface area (Å²) in [5.74, 6) is 1.34. The summed E-state index contributed by atoms with van der Waals surface area (Å²) in [5, 5.41) is 9.08. The van der Waals surface area contributed by atoms with Crippen LogP contribution in [0, 0.1) is 5.92 Å². The van der Waals surface area contributed by atoms with E-state index in [0.717, 1.165) is 42.9 Å². The third-order valence-electron chi connectivity index (χ3n) is 6.95. The quantitative estimate of drug-likeness (QED) is 0.451. The predicted molar refractivity (Wildman–Crippen MR) is 147 cm³/mol. The van der Waals surface area contributed by atoms with Crippen molar-refractivity contribution >= 4 is 23.4 Å². The molecule has 4 rings (SSSR count). The van der Waals surface area contributed by atoms with Crippen LogP contribution >= 0.6 is 0 Å². The number of anilines is 1. The summed E-state index contributed by atoms with van der Waals surface area (Å²) in [6.45, 7) is 8.15. The minimum atomic E-state index is -0.464. The third-order valence-corrected chi connectivity index (χ3v) is 6.95. The largest absolute Gasteiger partial charge is 0.493 e. The van der Waals surface area contributed by atoms with E-state index in [1.165, 1.54) is 17.9 Å². The summed E-state index contributed by atoms with van der Waals surface area (Å²) >= 11 is 0. The van der Waals surface area contributed by atoms with Gasteiger partial charge >= 0.3 is 6.09 Å². The first-order valence-electron chi connectivity index (χ1n) is 13.5. The van der Waals surface area contributed by atoms with Crippen LogP contribution in [-0.2, 0) is 16.1 Å². The molecule has 1 N–H and O–H groups in total. The Balaban J connectivity index is 1.40. The summed E-state index contributed by atoms with van der Waals surface area (Å²) in [4.78, 5) is 27.3. The van der Waals surface area contributed by atoms with E-state index in [4.69, 9.17) is 19.3 Å². The Kier molecular flexibility index (Phi) is 9.59. The molecule has 2 aromatic rings. The molecular weight excluding hydrogens is 484 g/mol. The molecule has 0 aliphatic carbocycles. The molecule has 2 amide bonds. The molecule has 0 saturated carbocycles.